The summed E-state index contributed by atoms with van der Waals surface area (Å²) in [5.74, 6) is -0.480. The summed E-state index contributed by atoms with van der Waals surface area (Å²) in [7, 11) is 1.57. The zero-order valence-corrected chi connectivity index (χ0v) is 11.7. The van der Waals surface area contributed by atoms with E-state index in [1.165, 1.54) is 12.1 Å². The number of anilines is 1. The van der Waals surface area contributed by atoms with E-state index >= 15 is 0 Å². The smallest absolute Gasteiger partial charge is 0.251 e. The minimum atomic E-state index is -0.315. The van der Waals surface area contributed by atoms with Crippen LogP contribution in [0, 0.1) is 5.82 Å². The number of hydrogen-bond acceptors (Lipinski definition) is 2. The highest BCUT2D eigenvalue weighted by atomic mass is 35.5. The number of benzene rings is 2. The molecule has 0 aliphatic heterocycles. The van der Waals surface area contributed by atoms with Crippen LogP contribution in [0.5, 0.6) is 0 Å². The summed E-state index contributed by atoms with van der Waals surface area (Å²) in [4.78, 5) is 11.5. The highest BCUT2D eigenvalue weighted by molar-refractivity contribution is 6.30. The molecule has 0 saturated heterocycles. The molecule has 5 heteroatoms. The Balaban J connectivity index is 2.11. The molecule has 0 aliphatic carbocycles. The third-order valence-electron chi connectivity index (χ3n) is 2.84. The van der Waals surface area contributed by atoms with Crippen molar-refractivity contribution < 1.29 is 9.18 Å². The predicted octanol–water partition coefficient (Wildman–Crippen LogP) is 3.45. The Morgan fingerprint density at radius 2 is 2.05 bits per heavy atom. The van der Waals surface area contributed by atoms with Crippen LogP contribution in [0.2, 0.25) is 5.02 Å². The van der Waals surface area contributed by atoms with Crippen molar-refractivity contribution in [3.63, 3.8) is 0 Å². The molecule has 2 aromatic rings. The Morgan fingerprint density at radius 3 is 2.80 bits per heavy atom. The molecule has 0 heterocycles. The average Bonchev–Trinajstić information content (AvgIpc) is 2.47. The van der Waals surface area contributed by atoms with E-state index in [4.69, 9.17) is 11.6 Å². The van der Waals surface area contributed by atoms with Gasteiger partial charge in [-0.05, 0) is 36.4 Å². The third kappa shape index (κ3) is 3.48. The van der Waals surface area contributed by atoms with Crippen molar-refractivity contribution in [3.05, 3.63) is 64.4 Å². The second kappa shape index (κ2) is 6.39. The Kier molecular flexibility index (Phi) is 4.58. The van der Waals surface area contributed by atoms with Crippen LogP contribution < -0.4 is 10.6 Å². The topological polar surface area (TPSA) is 41.1 Å². The molecule has 2 N–H and O–H groups in total. The summed E-state index contributed by atoms with van der Waals surface area (Å²) in [5, 5.41) is 6.11. The third-order valence-corrected chi connectivity index (χ3v) is 3.08. The molecule has 0 saturated carbocycles. The molecule has 0 atom stereocenters. The van der Waals surface area contributed by atoms with E-state index in [1.54, 1.807) is 31.3 Å². The average molecular weight is 293 g/mol. The van der Waals surface area contributed by atoms with Gasteiger partial charge in [0.05, 0.1) is 0 Å². The van der Waals surface area contributed by atoms with Crippen LogP contribution in [0.3, 0.4) is 0 Å². The number of hydrogen-bond donors (Lipinski definition) is 2. The van der Waals surface area contributed by atoms with Crippen LogP contribution in [0.4, 0.5) is 10.1 Å². The van der Waals surface area contributed by atoms with Gasteiger partial charge in [-0.2, -0.15) is 0 Å². The van der Waals surface area contributed by atoms with Crippen molar-refractivity contribution in [2.45, 2.75) is 6.54 Å². The fourth-order valence-corrected chi connectivity index (χ4v) is 1.99. The lowest BCUT2D eigenvalue weighted by molar-refractivity contribution is 0.0963. The van der Waals surface area contributed by atoms with Crippen molar-refractivity contribution in [2.24, 2.45) is 0 Å². The molecular formula is C15H14ClFN2O. The van der Waals surface area contributed by atoms with Gasteiger partial charge in [0.2, 0.25) is 0 Å². The van der Waals surface area contributed by atoms with Gasteiger partial charge in [-0.1, -0.05) is 17.7 Å². The second-order valence-electron chi connectivity index (χ2n) is 4.25. The fourth-order valence-electron chi connectivity index (χ4n) is 1.79. The summed E-state index contributed by atoms with van der Waals surface area (Å²) < 4.78 is 13.6. The van der Waals surface area contributed by atoms with Gasteiger partial charge in [0.1, 0.15) is 5.82 Å². The highest BCUT2D eigenvalue weighted by Gasteiger charge is 2.05. The maximum absolute atomic E-state index is 13.6. The molecule has 1 amide bonds. The molecule has 0 bridgehead atoms. The molecule has 0 aromatic heterocycles. The normalized spacial score (nSPS) is 10.2. The SMILES string of the molecule is CNC(=O)c1cccc(NCc2cc(Cl)ccc2F)c1. The van der Waals surface area contributed by atoms with Gasteiger partial charge >= 0.3 is 0 Å². The van der Waals surface area contributed by atoms with Crippen LogP contribution in [-0.2, 0) is 6.54 Å². The fraction of sp³-hybridized carbons (Fsp3) is 0.133. The first-order valence-electron chi connectivity index (χ1n) is 6.10. The van der Waals surface area contributed by atoms with Gasteiger partial charge in [0.25, 0.3) is 5.91 Å². The molecular weight excluding hydrogens is 279 g/mol. The number of carbonyl (C=O) groups is 1. The Labute approximate surface area is 121 Å². The van der Waals surface area contributed by atoms with E-state index in [2.05, 4.69) is 10.6 Å². The van der Waals surface area contributed by atoms with E-state index in [0.29, 0.717) is 22.7 Å². The minimum absolute atomic E-state index is 0.164. The van der Waals surface area contributed by atoms with Crippen LogP contribution >= 0.6 is 11.6 Å². The molecule has 2 rings (SSSR count). The molecule has 3 nitrogen and oxygen atoms in total. The molecule has 104 valence electrons. The van der Waals surface area contributed by atoms with Crippen molar-refractivity contribution in [1.82, 2.24) is 5.32 Å². The Morgan fingerprint density at radius 1 is 1.25 bits per heavy atom. The molecule has 2 aromatic carbocycles. The second-order valence-corrected chi connectivity index (χ2v) is 4.69. The number of rotatable bonds is 4. The van der Waals surface area contributed by atoms with Crippen LogP contribution in [0.1, 0.15) is 15.9 Å². The number of carbonyl (C=O) groups excluding carboxylic acids is 1. The minimum Gasteiger partial charge on any atom is -0.381 e. The highest BCUT2D eigenvalue weighted by Crippen LogP contribution is 2.17. The van der Waals surface area contributed by atoms with Gasteiger partial charge in [0, 0.05) is 35.4 Å². The zero-order chi connectivity index (χ0) is 14.5. The van der Waals surface area contributed by atoms with Crippen LogP contribution in [0.25, 0.3) is 0 Å². The molecule has 20 heavy (non-hydrogen) atoms. The molecule has 0 aliphatic rings. The predicted molar refractivity (Wildman–Crippen MR) is 78.6 cm³/mol. The summed E-state index contributed by atoms with van der Waals surface area (Å²) in [6, 6.07) is 11.4. The standard InChI is InChI=1S/C15H14ClFN2O/c1-18-15(20)10-3-2-4-13(8-10)19-9-11-7-12(16)5-6-14(11)17/h2-8,19H,9H2,1H3,(H,18,20). The van der Waals surface area contributed by atoms with Gasteiger partial charge in [0.15, 0.2) is 0 Å². The van der Waals surface area contributed by atoms with Gasteiger partial charge in [-0.15, -0.1) is 0 Å². The first kappa shape index (κ1) is 14.3. The molecule has 0 unspecified atom stereocenters. The quantitative estimate of drug-likeness (QED) is 0.906. The maximum atomic E-state index is 13.6. The van der Waals surface area contributed by atoms with Gasteiger partial charge in [-0.3, -0.25) is 4.79 Å². The largest absolute Gasteiger partial charge is 0.381 e. The first-order valence-corrected chi connectivity index (χ1v) is 6.48. The van der Waals surface area contributed by atoms with Crippen LogP contribution in [-0.4, -0.2) is 13.0 Å². The van der Waals surface area contributed by atoms with E-state index in [9.17, 15) is 9.18 Å². The lowest BCUT2D eigenvalue weighted by atomic mass is 10.1. The van der Waals surface area contributed by atoms with Crippen molar-refractivity contribution >= 4 is 23.2 Å². The summed E-state index contributed by atoms with van der Waals surface area (Å²) in [6.07, 6.45) is 0. The first-order chi connectivity index (χ1) is 9.60. The molecule has 0 fully saturated rings. The zero-order valence-electron chi connectivity index (χ0n) is 10.9. The van der Waals surface area contributed by atoms with Crippen molar-refractivity contribution in [2.75, 3.05) is 12.4 Å². The number of nitrogens with one attached hydrogen (secondary N) is 2. The van der Waals surface area contributed by atoms with Crippen molar-refractivity contribution in [3.8, 4) is 0 Å². The number of amides is 1. The van der Waals surface area contributed by atoms with E-state index in [0.717, 1.165) is 5.69 Å². The van der Waals surface area contributed by atoms with Crippen molar-refractivity contribution in [1.29, 1.82) is 0 Å². The maximum Gasteiger partial charge on any atom is 0.251 e. The van der Waals surface area contributed by atoms with E-state index < -0.39 is 0 Å². The Bertz CT molecular complexity index is 631. The summed E-state index contributed by atoms with van der Waals surface area (Å²) in [6.45, 7) is 0.295. The monoisotopic (exact) mass is 292 g/mol. The van der Waals surface area contributed by atoms with Crippen LogP contribution in [0.15, 0.2) is 42.5 Å². The van der Waals surface area contributed by atoms with Gasteiger partial charge < -0.3 is 10.6 Å². The lowest BCUT2D eigenvalue weighted by Crippen LogP contribution is -2.17. The van der Waals surface area contributed by atoms with E-state index in [1.807, 2.05) is 6.07 Å². The summed E-state index contributed by atoms with van der Waals surface area (Å²) in [5.41, 5.74) is 1.76. The van der Waals surface area contributed by atoms with Gasteiger partial charge in [-0.25, -0.2) is 4.39 Å². The molecule has 0 radical (unpaired) electrons. The summed E-state index contributed by atoms with van der Waals surface area (Å²) >= 11 is 5.84. The Hall–Kier alpha value is -2.07. The number of halogens is 2. The van der Waals surface area contributed by atoms with E-state index in [-0.39, 0.29) is 11.7 Å². The molecule has 0 spiro atoms. The lowest BCUT2D eigenvalue weighted by Gasteiger charge is -2.09.